The summed E-state index contributed by atoms with van der Waals surface area (Å²) in [7, 11) is -3.75. The van der Waals surface area contributed by atoms with Gasteiger partial charge in [0, 0.05) is 5.56 Å². The lowest BCUT2D eigenvalue weighted by Crippen LogP contribution is -2.08. The molecule has 0 amide bonds. The summed E-state index contributed by atoms with van der Waals surface area (Å²) in [5.41, 5.74) is -0.0711. The maximum atomic E-state index is 13.1. The van der Waals surface area contributed by atoms with Crippen molar-refractivity contribution in [3.63, 3.8) is 0 Å². The molecule has 6 nitrogen and oxygen atoms in total. The van der Waals surface area contributed by atoms with Crippen LogP contribution in [0.1, 0.15) is 0 Å². The minimum atomic E-state index is -3.75. The van der Waals surface area contributed by atoms with Crippen LogP contribution >= 0.6 is 0 Å². The fourth-order valence-corrected chi connectivity index (χ4v) is 1.96. The first kappa shape index (κ1) is 14.1. The van der Waals surface area contributed by atoms with Crippen LogP contribution in [0.25, 0.3) is 11.3 Å². The van der Waals surface area contributed by atoms with Gasteiger partial charge in [0.15, 0.2) is 17.4 Å². The fourth-order valence-electron chi connectivity index (χ4n) is 1.48. The molecule has 0 fully saturated rings. The van der Waals surface area contributed by atoms with Crippen LogP contribution < -0.4 is 4.72 Å². The molecule has 0 radical (unpaired) electrons. The SMILES string of the molecule is CS(=O)(=O)Nc1oc(-c2ccc(F)c(F)c2)c(O)c1O. The smallest absolute Gasteiger partial charge is 0.253 e. The minimum absolute atomic E-state index is 0.0711. The molecule has 0 aliphatic heterocycles. The van der Waals surface area contributed by atoms with Gasteiger partial charge in [-0.25, -0.2) is 17.2 Å². The standard InChI is InChI=1S/C11H9F2NO5S/c1-20(17,18)14-11-9(16)8(15)10(19-11)5-2-3-6(12)7(13)4-5/h2-4,14-16H,1H3. The third-order valence-electron chi connectivity index (χ3n) is 2.32. The van der Waals surface area contributed by atoms with E-state index < -0.39 is 44.8 Å². The van der Waals surface area contributed by atoms with Crippen LogP contribution in [0.5, 0.6) is 11.5 Å². The van der Waals surface area contributed by atoms with Crippen LogP contribution in [0.4, 0.5) is 14.7 Å². The molecule has 0 aliphatic rings. The summed E-state index contributed by atoms with van der Waals surface area (Å²) in [4.78, 5) is 0. The number of hydrogen-bond donors (Lipinski definition) is 3. The van der Waals surface area contributed by atoms with Crippen molar-refractivity contribution in [1.82, 2.24) is 0 Å². The lowest BCUT2D eigenvalue weighted by Gasteiger charge is -2.00. The highest BCUT2D eigenvalue weighted by Gasteiger charge is 2.23. The summed E-state index contributed by atoms with van der Waals surface area (Å²) in [6.45, 7) is 0. The van der Waals surface area contributed by atoms with E-state index in [9.17, 15) is 27.4 Å². The average Bonchev–Trinajstić information content (AvgIpc) is 2.59. The molecule has 1 heterocycles. The van der Waals surface area contributed by atoms with Gasteiger partial charge in [0.2, 0.25) is 21.5 Å². The highest BCUT2D eigenvalue weighted by Crippen LogP contribution is 2.45. The molecule has 0 unspecified atom stereocenters. The predicted octanol–water partition coefficient (Wildman–Crippen LogP) is 2.01. The van der Waals surface area contributed by atoms with Crippen molar-refractivity contribution in [1.29, 1.82) is 0 Å². The maximum absolute atomic E-state index is 13.1. The summed E-state index contributed by atoms with van der Waals surface area (Å²) in [5.74, 6) is -4.94. The molecule has 0 bridgehead atoms. The van der Waals surface area contributed by atoms with Crippen molar-refractivity contribution in [2.75, 3.05) is 11.0 Å². The van der Waals surface area contributed by atoms with E-state index in [0.717, 1.165) is 24.5 Å². The lowest BCUT2D eigenvalue weighted by atomic mass is 10.1. The van der Waals surface area contributed by atoms with E-state index in [1.54, 1.807) is 0 Å². The molecule has 9 heteroatoms. The quantitative estimate of drug-likeness (QED) is 0.805. The average molecular weight is 305 g/mol. The van der Waals surface area contributed by atoms with Gasteiger partial charge in [0.25, 0.3) is 5.88 Å². The molecule has 0 saturated carbocycles. The Hall–Kier alpha value is -2.29. The minimum Gasteiger partial charge on any atom is -0.502 e. The maximum Gasteiger partial charge on any atom is 0.253 e. The number of halogens is 2. The molecule has 1 aromatic carbocycles. The van der Waals surface area contributed by atoms with Gasteiger partial charge < -0.3 is 14.6 Å². The molecular formula is C11H9F2NO5S. The molecule has 1 aromatic heterocycles. The number of rotatable bonds is 3. The Morgan fingerprint density at radius 3 is 2.35 bits per heavy atom. The number of sulfonamides is 1. The normalized spacial score (nSPS) is 11.6. The predicted molar refractivity (Wildman–Crippen MR) is 65.9 cm³/mol. The molecule has 0 spiro atoms. The lowest BCUT2D eigenvalue weighted by molar-refractivity contribution is 0.410. The Morgan fingerprint density at radius 2 is 1.80 bits per heavy atom. The van der Waals surface area contributed by atoms with Crippen molar-refractivity contribution in [2.45, 2.75) is 0 Å². The first-order valence-electron chi connectivity index (χ1n) is 5.17. The Balaban J connectivity index is 2.53. The van der Waals surface area contributed by atoms with Gasteiger partial charge in [0.1, 0.15) is 0 Å². The van der Waals surface area contributed by atoms with Gasteiger partial charge in [-0.2, -0.15) is 0 Å². The van der Waals surface area contributed by atoms with E-state index in [0.29, 0.717) is 0 Å². The first-order chi connectivity index (χ1) is 9.19. The molecule has 3 N–H and O–H groups in total. The van der Waals surface area contributed by atoms with Gasteiger partial charge in [-0.15, -0.1) is 0 Å². The zero-order valence-corrected chi connectivity index (χ0v) is 10.8. The highest BCUT2D eigenvalue weighted by atomic mass is 32.2. The number of benzene rings is 1. The molecule has 0 aliphatic carbocycles. The third-order valence-corrected chi connectivity index (χ3v) is 2.87. The van der Waals surface area contributed by atoms with Crippen molar-refractivity contribution < 1.29 is 31.8 Å². The Morgan fingerprint density at radius 1 is 1.15 bits per heavy atom. The second-order valence-electron chi connectivity index (χ2n) is 3.96. The van der Waals surface area contributed by atoms with Crippen molar-refractivity contribution in [2.24, 2.45) is 0 Å². The van der Waals surface area contributed by atoms with Crippen LogP contribution in [0.15, 0.2) is 22.6 Å². The number of furan rings is 1. The molecule has 20 heavy (non-hydrogen) atoms. The molecule has 0 atom stereocenters. The fraction of sp³-hybridized carbons (Fsp3) is 0.0909. The van der Waals surface area contributed by atoms with Crippen LogP contribution in [-0.2, 0) is 10.0 Å². The molecule has 2 aromatic rings. The topological polar surface area (TPSA) is 99.8 Å². The summed E-state index contributed by atoms with van der Waals surface area (Å²) >= 11 is 0. The van der Waals surface area contributed by atoms with Crippen LogP contribution in [-0.4, -0.2) is 24.9 Å². The number of anilines is 1. The highest BCUT2D eigenvalue weighted by molar-refractivity contribution is 7.92. The van der Waals surface area contributed by atoms with E-state index in [1.165, 1.54) is 0 Å². The Bertz CT molecular complexity index is 769. The number of hydrogen-bond acceptors (Lipinski definition) is 5. The van der Waals surface area contributed by atoms with Gasteiger partial charge in [-0.3, -0.25) is 4.72 Å². The summed E-state index contributed by atoms with van der Waals surface area (Å²) in [6, 6.07) is 2.63. The van der Waals surface area contributed by atoms with E-state index in [-0.39, 0.29) is 5.56 Å². The van der Waals surface area contributed by atoms with Gasteiger partial charge in [-0.1, -0.05) is 0 Å². The van der Waals surface area contributed by atoms with Crippen molar-refractivity contribution in [3.05, 3.63) is 29.8 Å². The second kappa shape index (κ2) is 4.67. The molecule has 2 rings (SSSR count). The van der Waals surface area contributed by atoms with Crippen LogP contribution in [0.2, 0.25) is 0 Å². The monoisotopic (exact) mass is 305 g/mol. The van der Waals surface area contributed by atoms with Gasteiger partial charge >= 0.3 is 0 Å². The Kier molecular flexibility index (Phi) is 3.30. The van der Waals surface area contributed by atoms with Crippen molar-refractivity contribution >= 4 is 15.9 Å². The zero-order valence-electron chi connectivity index (χ0n) is 10.0. The largest absolute Gasteiger partial charge is 0.502 e. The summed E-state index contributed by atoms with van der Waals surface area (Å²) in [6.07, 6.45) is 0.809. The second-order valence-corrected chi connectivity index (χ2v) is 5.71. The first-order valence-corrected chi connectivity index (χ1v) is 7.06. The summed E-state index contributed by atoms with van der Waals surface area (Å²) < 4.78 is 54.7. The Labute approximate surface area is 112 Å². The number of nitrogens with one attached hydrogen (secondary N) is 1. The van der Waals surface area contributed by atoms with Gasteiger partial charge in [-0.05, 0) is 18.2 Å². The van der Waals surface area contributed by atoms with Crippen LogP contribution in [0.3, 0.4) is 0 Å². The number of aromatic hydroxyl groups is 2. The van der Waals surface area contributed by atoms with E-state index in [1.807, 2.05) is 4.72 Å². The van der Waals surface area contributed by atoms with Crippen LogP contribution in [0, 0.1) is 11.6 Å². The van der Waals surface area contributed by atoms with E-state index in [2.05, 4.69) is 0 Å². The van der Waals surface area contributed by atoms with Gasteiger partial charge in [0.05, 0.1) is 6.26 Å². The molecular weight excluding hydrogens is 296 g/mol. The third kappa shape index (κ3) is 2.67. The van der Waals surface area contributed by atoms with Crippen molar-refractivity contribution in [3.8, 4) is 22.8 Å². The van der Waals surface area contributed by atoms with E-state index in [4.69, 9.17) is 4.42 Å². The zero-order chi connectivity index (χ0) is 15.1. The summed E-state index contributed by atoms with van der Waals surface area (Å²) in [5, 5.41) is 19.2. The molecule has 0 saturated heterocycles. The van der Waals surface area contributed by atoms with E-state index >= 15 is 0 Å². The molecule has 108 valence electrons.